The first-order chi connectivity index (χ1) is 11.0. The first-order valence-electron chi connectivity index (χ1n) is 8.30. The van der Waals surface area contributed by atoms with E-state index in [1.54, 1.807) is 0 Å². The number of hydrogen-bond acceptors (Lipinski definition) is 5. The van der Waals surface area contributed by atoms with Crippen molar-refractivity contribution in [3.63, 3.8) is 0 Å². The Morgan fingerprint density at radius 2 is 2.22 bits per heavy atom. The van der Waals surface area contributed by atoms with Gasteiger partial charge in [-0.15, -0.1) is 0 Å². The summed E-state index contributed by atoms with van der Waals surface area (Å²) in [6.07, 6.45) is 1.81. The van der Waals surface area contributed by atoms with Gasteiger partial charge in [0.1, 0.15) is 29.8 Å². The van der Waals surface area contributed by atoms with Crippen molar-refractivity contribution >= 4 is 11.8 Å². The second kappa shape index (κ2) is 4.98. The predicted octanol–water partition coefficient (Wildman–Crippen LogP) is 2.48. The molecule has 1 aromatic carbocycles. The highest BCUT2D eigenvalue weighted by atomic mass is 16.5. The van der Waals surface area contributed by atoms with Gasteiger partial charge in [-0.25, -0.2) is 4.99 Å². The molecule has 0 radical (unpaired) electrons. The molecule has 1 aromatic rings. The molecule has 3 atom stereocenters. The van der Waals surface area contributed by atoms with Crippen LogP contribution in [-0.4, -0.2) is 24.5 Å². The third kappa shape index (κ3) is 2.13. The number of hydrogen-bond donors (Lipinski definition) is 1. The van der Waals surface area contributed by atoms with Crippen molar-refractivity contribution in [2.45, 2.75) is 50.7 Å². The van der Waals surface area contributed by atoms with Crippen LogP contribution in [0, 0.1) is 5.92 Å². The highest BCUT2D eigenvalue weighted by Gasteiger charge is 2.55. The fourth-order valence-electron chi connectivity index (χ4n) is 4.08. The smallest absolute Gasteiger partial charge is 0.283 e. The van der Waals surface area contributed by atoms with Gasteiger partial charge < -0.3 is 15.2 Å². The Morgan fingerprint density at radius 1 is 1.39 bits per heavy atom. The molecular weight excluding hydrogens is 292 g/mol. The van der Waals surface area contributed by atoms with Crippen molar-refractivity contribution < 1.29 is 14.3 Å². The summed E-state index contributed by atoms with van der Waals surface area (Å²) >= 11 is 0. The van der Waals surface area contributed by atoms with E-state index < -0.39 is 5.54 Å². The van der Waals surface area contributed by atoms with E-state index in [0.717, 1.165) is 17.7 Å². The van der Waals surface area contributed by atoms with Crippen LogP contribution in [0.2, 0.25) is 0 Å². The molecule has 0 bridgehead atoms. The normalized spacial score (nSPS) is 32.1. The second-order valence-corrected chi connectivity index (χ2v) is 7.12. The zero-order valence-electron chi connectivity index (χ0n) is 13.5. The number of nitrogens with zero attached hydrogens (tertiary/aromatic N) is 1. The van der Waals surface area contributed by atoms with Gasteiger partial charge in [0.15, 0.2) is 0 Å². The van der Waals surface area contributed by atoms with Gasteiger partial charge in [0, 0.05) is 24.3 Å². The highest BCUT2D eigenvalue weighted by Crippen LogP contribution is 2.52. The van der Waals surface area contributed by atoms with Crippen LogP contribution in [0.4, 0.5) is 0 Å². The Hall–Kier alpha value is -2.04. The molecule has 0 aromatic heterocycles. The van der Waals surface area contributed by atoms with Crippen LogP contribution in [0.15, 0.2) is 23.2 Å². The molecule has 2 aliphatic heterocycles. The van der Waals surface area contributed by atoms with E-state index in [9.17, 15) is 4.79 Å². The molecule has 2 heterocycles. The van der Waals surface area contributed by atoms with Gasteiger partial charge in [-0.1, -0.05) is 19.9 Å². The summed E-state index contributed by atoms with van der Waals surface area (Å²) in [5.74, 6) is 1.54. The second-order valence-electron chi connectivity index (χ2n) is 7.12. The number of benzene rings is 1. The Balaban J connectivity index is 1.89. The van der Waals surface area contributed by atoms with Crippen molar-refractivity contribution in [2.75, 3.05) is 6.61 Å². The summed E-state index contributed by atoms with van der Waals surface area (Å²) < 4.78 is 11.8. The molecule has 1 spiro atoms. The summed E-state index contributed by atoms with van der Waals surface area (Å²) in [6, 6.07) is 6.50. The van der Waals surface area contributed by atoms with Crippen LogP contribution >= 0.6 is 0 Å². The van der Waals surface area contributed by atoms with E-state index >= 15 is 0 Å². The van der Waals surface area contributed by atoms with E-state index in [1.165, 1.54) is 5.56 Å². The van der Waals surface area contributed by atoms with Gasteiger partial charge in [0.25, 0.3) is 6.02 Å². The lowest BCUT2D eigenvalue weighted by atomic mass is 9.67. The SMILES string of the molecule is CC(C)c1ccc2c(c1)[C@]1(COC(N)=N1)[C@@H]1CC(=O)CC[C@H]1O2. The van der Waals surface area contributed by atoms with Crippen molar-refractivity contribution in [1.82, 2.24) is 0 Å². The lowest BCUT2D eigenvalue weighted by Gasteiger charge is -2.45. The van der Waals surface area contributed by atoms with E-state index in [-0.39, 0.29) is 23.8 Å². The largest absolute Gasteiger partial charge is 0.490 e. The minimum absolute atomic E-state index is 0.000266. The van der Waals surface area contributed by atoms with Crippen molar-refractivity contribution in [3.05, 3.63) is 29.3 Å². The highest BCUT2D eigenvalue weighted by molar-refractivity contribution is 5.81. The number of Topliss-reactive ketones (excluding diaryl/α,β-unsaturated/α-hetero) is 1. The molecule has 0 saturated heterocycles. The number of rotatable bonds is 1. The number of aliphatic imine (C=N–C) groups is 1. The molecule has 1 saturated carbocycles. The van der Waals surface area contributed by atoms with Crippen LogP contribution in [0.25, 0.3) is 0 Å². The van der Waals surface area contributed by atoms with Crippen molar-refractivity contribution in [2.24, 2.45) is 16.6 Å². The third-order valence-electron chi connectivity index (χ3n) is 5.38. The number of carbonyl (C=O) groups is 1. The van der Waals surface area contributed by atoms with E-state index in [1.807, 2.05) is 6.07 Å². The molecule has 0 amide bonds. The summed E-state index contributed by atoms with van der Waals surface area (Å²) in [5, 5.41) is 0. The molecule has 23 heavy (non-hydrogen) atoms. The quantitative estimate of drug-likeness (QED) is 0.864. The fraction of sp³-hybridized carbons (Fsp3) is 0.556. The van der Waals surface area contributed by atoms with Crippen LogP contribution in [0.5, 0.6) is 5.75 Å². The number of amidine groups is 1. The molecule has 2 N–H and O–H groups in total. The molecule has 5 nitrogen and oxygen atoms in total. The molecular formula is C18H22N2O3. The number of nitrogens with two attached hydrogens (primary N) is 1. The Bertz CT molecular complexity index is 698. The molecule has 1 fully saturated rings. The predicted molar refractivity (Wildman–Crippen MR) is 86.5 cm³/mol. The van der Waals surface area contributed by atoms with E-state index in [2.05, 4.69) is 31.0 Å². The molecule has 5 heteroatoms. The Morgan fingerprint density at radius 3 is 2.91 bits per heavy atom. The maximum absolute atomic E-state index is 12.1. The average Bonchev–Trinajstić information content (AvgIpc) is 2.91. The minimum atomic E-state index is -0.580. The topological polar surface area (TPSA) is 73.9 Å². The Labute approximate surface area is 135 Å². The van der Waals surface area contributed by atoms with Gasteiger partial charge in [-0.2, -0.15) is 0 Å². The van der Waals surface area contributed by atoms with Crippen LogP contribution in [-0.2, 0) is 15.1 Å². The van der Waals surface area contributed by atoms with Crippen molar-refractivity contribution in [3.8, 4) is 5.75 Å². The standard InChI is InChI=1S/C18H22N2O3/c1-10(2)11-3-5-15-13(7-11)18(9-22-17(19)20-18)14-8-12(21)4-6-16(14)23-15/h3,5,7,10,14,16H,4,6,8-9H2,1-2H3,(H2,19,20)/t14-,16-,18-/m1/s1. The number of ether oxygens (including phenoxy) is 2. The van der Waals surface area contributed by atoms with Gasteiger partial charge in [-0.3, -0.25) is 4.79 Å². The molecule has 122 valence electrons. The van der Waals surface area contributed by atoms with Crippen LogP contribution in [0.1, 0.15) is 50.2 Å². The summed E-state index contributed by atoms with van der Waals surface area (Å²) in [7, 11) is 0. The summed E-state index contributed by atoms with van der Waals surface area (Å²) in [5.41, 5.74) is 7.52. The monoisotopic (exact) mass is 314 g/mol. The number of fused-ring (bicyclic) bond motifs is 4. The van der Waals surface area contributed by atoms with Gasteiger partial charge in [-0.05, 0) is 30.0 Å². The van der Waals surface area contributed by atoms with Gasteiger partial charge in [0.2, 0.25) is 0 Å². The fourth-order valence-corrected chi connectivity index (χ4v) is 4.08. The third-order valence-corrected chi connectivity index (χ3v) is 5.38. The maximum atomic E-state index is 12.1. The van der Waals surface area contributed by atoms with Crippen LogP contribution < -0.4 is 10.5 Å². The number of ketones is 1. The summed E-state index contributed by atoms with van der Waals surface area (Å²) in [4.78, 5) is 16.7. The van der Waals surface area contributed by atoms with E-state index in [4.69, 9.17) is 15.2 Å². The number of carbonyl (C=O) groups excluding carboxylic acids is 1. The first-order valence-corrected chi connectivity index (χ1v) is 8.30. The zero-order chi connectivity index (χ0) is 16.2. The molecule has 0 unspecified atom stereocenters. The zero-order valence-corrected chi connectivity index (χ0v) is 13.5. The lowest BCUT2D eigenvalue weighted by Crippen LogP contribution is -2.51. The first kappa shape index (κ1) is 14.5. The van der Waals surface area contributed by atoms with Crippen molar-refractivity contribution in [1.29, 1.82) is 0 Å². The molecule has 1 aliphatic carbocycles. The van der Waals surface area contributed by atoms with Gasteiger partial charge in [0.05, 0.1) is 0 Å². The average molecular weight is 314 g/mol. The van der Waals surface area contributed by atoms with E-state index in [0.29, 0.717) is 25.4 Å². The van der Waals surface area contributed by atoms with Gasteiger partial charge >= 0.3 is 0 Å². The lowest BCUT2D eigenvalue weighted by molar-refractivity contribution is -0.126. The minimum Gasteiger partial charge on any atom is -0.490 e. The maximum Gasteiger partial charge on any atom is 0.283 e. The Kier molecular flexibility index (Phi) is 3.15. The van der Waals surface area contributed by atoms with Crippen LogP contribution in [0.3, 0.4) is 0 Å². The molecule has 4 rings (SSSR count). The summed E-state index contributed by atoms with van der Waals surface area (Å²) in [6.45, 7) is 4.72. The molecule has 3 aliphatic rings.